The van der Waals surface area contributed by atoms with Gasteiger partial charge in [-0.2, -0.15) is 0 Å². The van der Waals surface area contributed by atoms with Crippen LogP contribution in [-0.2, 0) is 4.43 Å². The van der Waals surface area contributed by atoms with Gasteiger partial charge in [-0.05, 0) is 37.8 Å². The molecule has 0 N–H and O–H groups in total. The molecule has 0 aromatic carbocycles. The molecule has 76 valence electrons. The van der Waals surface area contributed by atoms with E-state index in [1.807, 2.05) is 6.08 Å². The molecule has 0 unspecified atom stereocenters. The van der Waals surface area contributed by atoms with Crippen molar-refractivity contribution in [1.29, 1.82) is 0 Å². The van der Waals surface area contributed by atoms with E-state index in [2.05, 4.69) is 24.6 Å². The Balaban J connectivity index is 2.61. The summed E-state index contributed by atoms with van der Waals surface area (Å²) in [7, 11) is -1.47. The zero-order valence-corrected chi connectivity index (χ0v) is 10.4. The van der Waals surface area contributed by atoms with Crippen molar-refractivity contribution in [1.82, 2.24) is 4.98 Å². The third kappa shape index (κ3) is 4.44. The molecular formula is C10H14ClNOSi. The highest BCUT2D eigenvalue weighted by atomic mass is 35.5. The summed E-state index contributed by atoms with van der Waals surface area (Å²) in [5, 5.41) is 0.688. The van der Waals surface area contributed by atoms with E-state index in [1.54, 1.807) is 24.6 Å². The topological polar surface area (TPSA) is 22.1 Å². The number of hydrogen-bond acceptors (Lipinski definition) is 2. The Bertz CT molecular complexity index is 333. The third-order valence-corrected chi connectivity index (χ3v) is 2.48. The molecule has 1 aromatic heterocycles. The largest absolute Gasteiger partial charge is 0.550 e. The standard InChI is InChI=1S/C10H14ClNOSi/c1-14(2,3)13-7-5-10-8-9(11)4-6-12-10/h4-8H,1-3H3. The summed E-state index contributed by atoms with van der Waals surface area (Å²) in [6.07, 6.45) is 5.20. The maximum atomic E-state index is 5.81. The van der Waals surface area contributed by atoms with E-state index < -0.39 is 8.32 Å². The molecule has 0 aliphatic carbocycles. The van der Waals surface area contributed by atoms with Crippen molar-refractivity contribution < 1.29 is 4.43 Å². The van der Waals surface area contributed by atoms with Crippen LogP contribution < -0.4 is 0 Å². The van der Waals surface area contributed by atoms with Crippen molar-refractivity contribution in [2.75, 3.05) is 0 Å². The molecule has 0 fully saturated rings. The first-order chi connectivity index (χ1) is 6.47. The van der Waals surface area contributed by atoms with Crippen molar-refractivity contribution in [2.24, 2.45) is 0 Å². The van der Waals surface area contributed by atoms with Crippen LogP contribution >= 0.6 is 11.6 Å². The molecule has 14 heavy (non-hydrogen) atoms. The Kier molecular flexibility index (Phi) is 3.72. The van der Waals surface area contributed by atoms with Crippen LogP contribution in [0.5, 0.6) is 0 Å². The van der Waals surface area contributed by atoms with Crippen LogP contribution in [0.4, 0.5) is 0 Å². The van der Waals surface area contributed by atoms with Gasteiger partial charge in [0.25, 0.3) is 0 Å². The quantitative estimate of drug-likeness (QED) is 0.582. The molecule has 0 spiro atoms. The Morgan fingerprint density at radius 1 is 1.43 bits per heavy atom. The molecular weight excluding hydrogens is 214 g/mol. The van der Waals surface area contributed by atoms with Crippen molar-refractivity contribution in [3.05, 3.63) is 35.3 Å². The number of pyridine rings is 1. The summed E-state index contributed by atoms with van der Waals surface area (Å²) in [5.74, 6) is 0. The average molecular weight is 228 g/mol. The Hall–Kier alpha value is -0.803. The number of halogens is 1. The first kappa shape index (κ1) is 11.3. The van der Waals surface area contributed by atoms with Crippen molar-refractivity contribution >= 4 is 26.0 Å². The lowest BCUT2D eigenvalue weighted by Gasteiger charge is -2.14. The van der Waals surface area contributed by atoms with E-state index in [1.165, 1.54) is 0 Å². The molecule has 0 aliphatic rings. The van der Waals surface area contributed by atoms with Crippen LogP contribution in [0.15, 0.2) is 24.6 Å². The normalized spacial score (nSPS) is 12.0. The molecule has 4 heteroatoms. The Morgan fingerprint density at radius 3 is 2.71 bits per heavy atom. The maximum Gasteiger partial charge on any atom is 0.241 e. The lowest BCUT2D eigenvalue weighted by atomic mass is 10.3. The van der Waals surface area contributed by atoms with Crippen molar-refractivity contribution in [2.45, 2.75) is 19.6 Å². The van der Waals surface area contributed by atoms with Crippen LogP contribution in [0.3, 0.4) is 0 Å². The van der Waals surface area contributed by atoms with E-state index in [4.69, 9.17) is 16.0 Å². The van der Waals surface area contributed by atoms with Gasteiger partial charge < -0.3 is 4.43 Å². The van der Waals surface area contributed by atoms with E-state index in [-0.39, 0.29) is 0 Å². The smallest absolute Gasteiger partial charge is 0.241 e. The third-order valence-electron chi connectivity index (χ3n) is 1.40. The molecule has 1 heterocycles. The SMILES string of the molecule is C[Si](C)(C)OC=Cc1cc(Cl)ccn1. The highest BCUT2D eigenvalue weighted by Gasteiger charge is 2.12. The summed E-state index contributed by atoms with van der Waals surface area (Å²) >= 11 is 5.81. The van der Waals surface area contributed by atoms with Gasteiger partial charge in [0, 0.05) is 11.2 Å². The van der Waals surface area contributed by atoms with Crippen LogP contribution in [0, 0.1) is 0 Å². The van der Waals surface area contributed by atoms with E-state index in [0.717, 1.165) is 5.69 Å². The minimum absolute atomic E-state index is 0.688. The van der Waals surface area contributed by atoms with Crippen molar-refractivity contribution in [3.63, 3.8) is 0 Å². The van der Waals surface area contributed by atoms with E-state index in [9.17, 15) is 0 Å². The molecule has 0 bridgehead atoms. The summed E-state index contributed by atoms with van der Waals surface area (Å²) in [5.41, 5.74) is 0.816. The second kappa shape index (κ2) is 4.62. The van der Waals surface area contributed by atoms with Gasteiger partial charge in [0.1, 0.15) is 0 Å². The fourth-order valence-electron chi connectivity index (χ4n) is 0.820. The lowest BCUT2D eigenvalue weighted by Crippen LogP contribution is -2.21. The number of nitrogens with zero attached hydrogens (tertiary/aromatic N) is 1. The summed E-state index contributed by atoms with van der Waals surface area (Å²) in [4.78, 5) is 4.12. The van der Waals surface area contributed by atoms with Gasteiger partial charge in [0.15, 0.2) is 0 Å². The number of hydrogen-bond donors (Lipinski definition) is 0. The van der Waals surface area contributed by atoms with Gasteiger partial charge in [-0.1, -0.05) is 11.6 Å². The van der Waals surface area contributed by atoms with Gasteiger partial charge in [-0.25, -0.2) is 0 Å². The molecule has 0 saturated carbocycles. The van der Waals surface area contributed by atoms with Crippen LogP contribution in [-0.4, -0.2) is 13.3 Å². The molecule has 0 amide bonds. The number of aromatic nitrogens is 1. The molecule has 0 radical (unpaired) electrons. The molecule has 2 nitrogen and oxygen atoms in total. The zero-order chi connectivity index (χ0) is 10.6. The van der Waals surface area contributed by atoms with Crippen molar-refractivity contribution in [3.8, 4) is 0 Å². The Labute approximate surface area is 90.7 Å². The van der Waals surface area contributed by atoms with Gasteiger partial charge in [-0.3, -0.25) is 4.98 Å². The fourth-order valence-corrected chi connectivity index (χ4v) is 1.46. The van der Waals surface area contributed by atoms with Gasteiger partial charge in [-0.15, -0.1) is 0 Å². The first-order valence-electron chi connectivity index (χ1n) is 4.43. The molecule has 1 rings (SSSR count). The fraction of sp³-hybridized carbons (Fsp3) is 0.300. The average Bonchev–Trinajstić information content (AvgIpc) is 2.01. The summed E-state index contributed by atoms with van der Waals surface area (Å²) in [6, 6.07) is 3.55. The van der Waals surface area contributed by atoms with Gasteiger partial charge >= 0.3 is 0 Å². The monoisotopic (exact) mass is 227 g/mol. The van der Waals surface area contributed by atoms with E-state index >= 15 is 0 Å². The maximum absolute atomic E-state index is 5.81. The second-order valence-electron chi connectivity index (χ2n) is 3.93. The van der Waals surface area contributed by atoms with Crippen LogP contribution in [0.25, 0.3) is 6.08 Å². The first-order valence-corrected chi connectivity index (χ1v) is 8.22. The highest BCUT2D eigenvalue weighted by molar-refractivity contribution is 6.69. The Morgan fingerprint density at radius 2 is 2.14 bits per heavy atom. The van der Waals surface area contributed by atoms with Crippen LogP contribution in [0.2, 0.25) is 24.7 Å². The zero-order valence-electron chi connectivity index (χ0n) is 8.62. The predicted octanol–water partition coefficient (Wildman–Crippen LogP) is 3.56. The van der Waals surface area contributed by atoms with Crippen LogP contribution in [0.1, 0.15) is 5.69 Å². The highest BCUT2D eigenvalue weighted by Crippen LogP contribution is 2.10. The minimum Gasteiger partial charge on any atom is -0.550 e. The lowest BCUT2D eigenvalue weighted by molar-refractivity contribution is 0.483. The van der Waals surface area contributed by atoms with Gasteiger partial charge in [0.05, 0.1) is 12.0 Å². The van der Waals surface area contributed by atoms with E-state index in [0.29, 0.717) is 5.02 Å². The minimum atomic E-state index is -1.47. The predicted molar refractivity (Wildman–Crippen MR) is 62.7 cm³/mol. The second-order valence-corrected chi connectivity index (χ2v) is 8.83. The molecule has 0 aliphatic heterocycles. The molecule has 1 aromatic rings. The van der Waals surface area contributed by atoms with Gasteiger partial charge in [0.2, 0.25) is 8.32 Å². The molecule has 0 saturated heterocycles. The molecule has 0 atom stereocenters. The summed E-state index contributed by atoms with van der Waals surface area (Å²) in [6.45, 7) is 6.38. The summed E-state index contributed by atoms with van der Waals surface area (Å²) < 4.78 is 5.55. The number of rotatable bonds is 3.